The van der Waals surface area contributed by atoms with Gasteiger partial charge in [-0.3, -0.25) is 4.79 Å². The van der Waals surface area contributed by atoms with Crippen LogP contribution in [0, 0.1) is 5.92 Å². The van der Waals surface area contributed by atoms with E-state index in [0.29, 0.717) is 5.92 Å². The van der Waals surface area contributed by atoms with Crippen LogP contribution in [0.2, 0.25) is 0 Å². The van der Waals surface area contributed by atoms with Crippen LogP contribution in [0.3, 0.4) is 0 Å². The van der Waals surface area contributed by atoms with Gasteiger partial charge in [0, 0.05) is 23.9 Å². The molecule has 2 atom stereocenters. The molecule has 2 unspecified atom stereocenters. The number of nitrogens with zero attached hydrogens (tertiary/aromatic N) is 1. The summed E-state index contributed by atoms with van der Waals surface area (Å²) < 4.78 is 5.55. The van der Waals surface area contributed by atoms with Gasteiger partial charge in [0.25, 0.3) is 0 Å². The Morgan fingerprint density at radius 3 is 2.93 bits per heavy atom. The van der Waals surface area contributed by atoms with Gasteiger partial charge in [-0.05, 0) is 81.7 Å². The second-order valence-corrected chi connectivity index (χ2v) is 9.26. The standard InChI is InChI=1S/C23H33NO2S/c1-2-24(22(25)15-14-21-13-9-17-26-21)19-23(16-10-18-27-23)20-11-7-5-3-4-6-8-12-20/h3,5,9,13-15,17,20H,2,4,6-8,10-12,16,18-19H2,1H3/b5-3-,15-14+. The molecule has 4 heteroatoms. The van der Waals surface area contributed by atoms with E-state index in [-0.39, 0.29) is 10.7 Å². The Bertz CT molecular complexity index is 629. The van der Waals surface area contributed by atoms with E-state index < -0.39 is 0 Å². The molecule has 1 aromatic heterocycles. The third-order valence-electron chi connectivity index (χ3n) is 5.98. The molecule has 0 aromatic carbocycles. The van der Waals surface area contributed by atoms with E-state index in [1.165, 1.54) is 57.1 Å². The summed E-state index contributed by atoms with van der Waals surface area (Å²) in [5.41, 5.74) is 0. The Kier molecular flexibility index (Phi) is 7.69. The summed E-state index contributed by atoms with van der Waals surface area (Å²) in [7, 11) is 0. The first-order chi connectivity index (χ1) is 13.2. The maximum Gasteiger partial charge on any atom is 0.246 e. The lowest BCUT2D eigenvalue weighted by Gasteiger charge is -2.40. The van der Waals surface area contributed by atoms with Gasteiger partial charge in [-0.1, -0.05) is 18.6 Å². The molecule has 2 heterocycles. The van der Waals surface area contributed by atoms with Crippen LogP contribution in [0.15, 0.2) is 41.0 Å². The molecule has 0 bridgehead atoms. The highest BCUT2D eigenvalue weighted by molar-refractivity contribution is 8.00. The van der Waals surface area contributed by atoms with Crippen LogP contribution in [0.5, 0.6) is 0 Å². The molecule has 1 aliphatic carbocycles. The van der Waals surface area contributed by atoms with Crippen molar-refractivity contribution in [3.8, 4) is 0 Å². The van der Waals surface area contributed by atoms with Gasteiger partial charge < -0.3 is 9.32 Å². The SMILES string of the molecule is CCN(CC1(C2CC/C=C\CCCC2)CCCS1)C(=O)/C=C/c1ccco1. The lowest BCUT2D eigenvalue weighted by molar-refractivity contribution is -0.126. The van der Waals surface area contributed by atoms with Crippen molar-refractivity contribution in [1.82, 2.24) is 4.90 Å². The maximum absolute atomic E-state index is 12.8. The fourth-order valence-electron chi connectivity index (χ4n) is 4.46. The number of allylic oxidation sites excluding steroid dienone is 2. The number of hydrogen-bond donors (Lipinski definition) is 0. The number of carbonyl (C=O) groups excluding carboxylic acids is 1. The van der Waals surface area contributed by atoms with E-state index in [0.717, 1.165) is 18.8 Å². The summed E-state index contributed by atoms with van der Waals surface area (Å²) in [6, 6.07) is 3.72. The molecule has 0 radical (unpaired) electrons. The van der Waals surface area contributed by atoms with Gasteiger partial charge in [-0.2, -0.15) is 11.8 Å². The molecule has 0 saturated carbocycles. The predicted molar refractivity (Wildman–Crippen MR) is 115 cm³/mol. The lowest BCUT2D eigenvalue weighted by atomic mass is 9.80. The van der Waals surface area contributed by atoms with Crippen LogP contribution in [0.25, 0.3) is 6.08 Å². The molecule has 1 fully saturated rings. The first-order valence-electron chi connectivity index (χ1n) is 10.5. The minimum atomic E-state index is 0.101. The van der Waals surface area contributed by atoms with Gasteiger partial charge >= 0.3 is 0 Å². The highest BCUT2D eigenvalue weighted by Gasteiger charge is 2.43. The summed E-state index contributed by atoms with van der Waals surface area (Å²) in [6.07, 6.45) is 20.0. The summed E-state index contributed by atoms with van der Waals surface area (Å²) in [5.74, 6) is 2.78. The van der Waals surface area contributed by atoms with Crippen molar-refractivity contribution in [3.63, 3.8) is 0 Å². The molecule has 3 nitrogen and oxygen atoms in total. The first kappa shape index (κ1) is 20.3. The minimum absolute atomic E-state index is 0.101. The Balaban J connectivity index is 1.70. The molecule has 1 aromatic rings. The molecule has 27 heavy (non-hydrogen) atoms. The molecule has 3 rings (SSSR count). The van der Waals surface area contributed by atoms with E-state index >= 15 is 0 Å². The van der Waals surface area contributed by atoms with Crippen LogP contribution in [-0.4, -0.2) is 34.4 Å². The number of thioether (sulfide) groups is 1. The van der Waals surface area contributed by atoms with Crippen LogP contribution in [0.4, 0.5) is 0 Å². The Morgan fingerprint density at radius 2 is 2.19 bits per heavy atom. The number of likely N-dealkylation sites (N-methyl/N-ethyl adjacent to an activating group) is 1. The molecule has 0 N–H and O–H groups in total. The highest BCUT2D eigenvalue weighted by atomic mass is 32.2. The summed E-state index contributed by atoms with van der Waals surface area (Å²) >= 11 is 2.14. The first-order valence-corrected chi connectivity index (χ1v) is 11.5. The smallest absolute Gasteiger partial charge is 0.246 e. The third kappa shape index (κ3) is 5.54. The maximum atomic E-state index is 12.8. The number of hydrogen-bond acceptors (Lipinski definition) is 3. The number of rotatable bonds is 6. The quantitative estimate of drug-likeness (QED) is 0.448. The molecule has 1 saturated heterocycles. The van der Waals surface area contributed by atoms with Crippen LogP contribution in [0.1, 0.15) is 64.1 Å². The number of carbonyl (C=O) groups is 1. The highest BCUT2D eigenvalue weighted by Crippen LogP contribution is 2.48. The third-order valence-corrected chi connectivity index (χ3v) is 7.72. The monoisotopic (exact) mass is 387 g/mol. The summed E-state index contributed by atoms with van der Waals surface area (Å²) in [4.78, 5) is 14.9. The second-order valence-electron chi connectivity index (χ2n) is 7.75. The van der Waals surface area contributed by atoms with Crippen molar-refractivity contribution < 1.29 is 9.21 Å². The van der Waals surface area contributed by atoms with Crippen molar-refractivity contribution >= 4 is 23.7 Å². The fourth-order valence-corrected chi connectivity index (χ4v) is 6.17. The normalized spacial score (nSPS) is 27.8. The molecular formula is C23H33NO2S. The van der Waals surface area contributed by atoms with E-state index in [4.69, 9.17) is 4.42 Å². The van der Waals surface area contributed by atoms with Crippen LogP contribution in [-0.2, 0) is 4.79 Å². The zero-order chi connectivity index (χ0) is 19.0. The zero-order valence-electron chi connectivity index (χ0n) is 16.6. The lowest BCUT2D eigenvalue weighted by Crippen LogP contribution is -2.46. The average Bonchev–Trinajstić information content (AvgIpc) is 3.38. The van der Waals surface area contributed by atoms with Gasteiger partial charge in [0.1, 0.15) is 5.76 Å². The van der Waals surface area contributed by atoms with Gasteiger partial charge in [-0.25, -0.2) is 0 Å². The number of furan rings is 1. The summed E-state index contributed by atoms with van der Waals surface area (Å²) in [6.45, 7) is 3.73. The van der Waals surface area contributed by atoms with Crippen molar-refractivity contribution in [3.05, 3.63) is 42.4 Å². The molecule has 1 amide bonds. The van der Waals surface area contributed by atoms with Gasteiger partial charge in [-0.15, -0.1) is 0 Å². The van der Waals surface area contributed by atoms with Gasteiger partial charge in [0.2, 0.25) is 5.91 Å². The van der Waals surface area contributed by atoms with Gasteiger partial charge in [0.15, 0.2) is 0 Å². The topological polar surface area (TPSA) is 33.5 Å². The van der Waals surface area contributed by atoms with Crippen LogP contribution < -0.4 is 0 Å². The Hall–Kier alpha value is -1.42. The second kappa shape index (κ2) is 10.2. The van der Waals surface area contributed by atoms with E-state index in [9.17, 15) is 4.79 Å². The largest absolute Gasteiger partial charge is 0.465 e. The van der Waals surface area contributed by atoms with E-state index in [1.54, 1.807) is 18.4 Å². The molecule has 2 aliphatic rings. The van der Waals surface area contributed by atoms with E-state index in [1.807, 2.05) is 17.0 Å². The van der Waals surface area contributed by atoms with Crippen molar-refractivity contribution in [2.24, 2.45) is 5.92 Å². The van der Waals surface area contributed by atoms with E-state index in [2.05, 4.69) is 30.8 Å². The zero-order valence-corrected chi connectivity index (χ0v) is 17.4. The van der Waals surface area contributed by atoms with Crippen molar-refractivity contribution in [2.45, 2.75) is 63.0 Å². The molecule has 0 spiro atoms. The average molecular weight is 388 g/mol. The van der Waals surface area contributed by atoms with Crippen molar-refractivity contribution in [1.29, 1.82) is 0 Å². The summed E-state index contributed by atoms with van der Waals surface area (Å²) in [5, 5.41) is 0. The molecule has 148 valence electrons. The predicted octanol–water partition coefficient (Wildman–Crippen LogP) is 5.93. The Morgan fingerprint density at radius 1 is 1.30 bits per heavy atom. The fraction of sp³-hybridized carbons (Fsp3) is 0.609. The van der Waals surface area contributed by atoms with Gasteiger partial charge in [0.05, 0.1) is 6.26 Å². The van der Waals surface area contributed by atoms with Crippen LogP contribution >= 0.6 is 11.8 Å². The minimum Gasteiger partial charge on any atom is -0.465 e. The number of amides is 1. The van der Waals surface area contributed by atoms with Crippen molar-refractivity contribution in [2.75, 3.05) is 18.8 Å². The Labute approximate surface area is 168 Å². The molecule has 1 aliphatic heterocycles. The molecular weight excluding hydrogens is 354 g/mol.